The Morgan fingerprint density at radius 3 is 2.33 bits per heavy atom. The number of carboxylic acid groups (broad SMARTS) is 1. The molecule has 0 spiro atoms. The zero-order valence-corrected chi connectivity index (χ0v) is 12.6. The van der Waals surface area contributed by atoms with Crippen LogP contribution in [0, 0.1) is 5.92 Å². The minimum absolute atomic E-state index is 0.188. The van der Waals surface area contributed by atoms with Gasteiger partial charge in [0, 0.05) is 6.54 Å². The number of hydrogen-bond acceptors (Lipinski definition) is 3. The first kappa shape index (κ1) is 16.8. The van der Waals surface area contributed by atoms with E-state index in [4.69, 9.17) is 9.84 Å². The van der Waals surface area contributed by atoms with Gasteiger partial charge in [-0.05, 0) is 30.0 Å². The molecule has 0 bridgehead atoms. The van der Waals surface area contributed by atoms with Crippen LogP contribution in [-0.2, 0) is 11.3 Å². The Hall–Kier alpha value is -2.24. The first-order valence-corrected chi connectivity index (χ1v) is 6.82. The molecule has 0 radical (unpaired) electrons. The summed E-state index contributed by atoms with van der Waals surface area (Å²) in [5.41, 5.74) is 0.904. The number of nitrogens with one attached hydrogen (secondary N) is 2. The molecule has 6 heteroatoms. The van der Waals surface area contributed by atoms with Crippen molar-refractivity contribution in [1.29, 1.82) is 0 Å². The van der Waals surface area contributed by atoms with Gasteiger partial charge >= 0.3 is 12.0 Å². The first-order valence-electron chi connectivity index (χ1n) is 6.82. The third kappa shape index (κ3) is 6.16. The van der Waals surface area contributed by atoms with Gasteiger partial charge in [-0.25, -0.2) is 9.59 Å². The normalized spacial score (nSPS) is 11.8. The van der Waals surface area contributed by atoms with E-state index in [0.29, 0.717) is 13.0 Å². The summed E-state index contributed by atoms with van der Waals surface area (Å²) in [6.45, 7) is 4.14. The van der Waals surface area contributed by atoms with Crippen molar-refractivity contribution in [2.45, 2.75) is 32.9 Å². The molecule has 1 aromatic carbocycles. The fraction of sp³-hybridized carbons (Fsp3) is 0.467. The summed E-state index contributed by atoms with van der Waals surface area (Å²) in [5, 5.41) is 14.2. The Morgan fingerprint density at radius 2 is 1.86 bits per heavy atom. The van der Waals surface area contributed by atoms with Gasteiger partial charge in [0.1, 0.15) is 11.8 Å². The van der Waals surface area contributed by atoms with Gasteiger partial charge in [0.05, 0.1) is 7.11 Å². The molecule has 0 aromatic heterocycles. The van der Waals surface area contributed by atoms with Gasteiger partial charge in [-0.3, -0.25) is 0 Å². The van der Waals surface area contributed by atoms with E-state index >= 15 is 0 Å². The van der Waals surface area contributed by atoms with Crippen LogP contribution in [0.25, 0.3) is 0 Å². The Bertz CT molecular complexity index is 471. The topological polar surface area (TPSA) is 87.7 Å². The van der Waals surface area contributed by atoms with Crippen molar-refractivity contribution >= 4 is 12.0 Å². The molecule has 1 aromatic rings. The molecule has 0 saturated heterocycles. The minimum Gasteiger partial charge on any atom is -0.497 e. The van der Waals surface area contributed by atoms with E-state index < -0.39 is 18.0 Å². The molecule has 0 saturated carbocycles. The van der Waals surface area contributed by atoms with Crippen molar-refractivity contribution < 1.29 is 19.4 Å². The molecule has 3 N–H and O–H groups in total. The maximum atomic E-state index is 11.7. The predicted octanol–water partition coefficient (Wildman–Crippen LogP) is 1.99. The summed E-state index contributed by atoms with van der Waals surface area (Å²) in [5.74, 6) is -0.0950. The number of carbonyl (C=O) groups excluding carboxylic acids is 1. The number of hydrogen-bond donors (Lipinski definition) is 3. The van der Waals surface area contributed by atoms with Crippen LogP contribution in [0.1, 0.15) is 25.8 Å². The summed E-state index contributed by atoms with van der Waals surface area (Å²) < 4.78 is 5.05. The van der Waals surface area contributed by atoms with Crippen molar-refractivity contribution in [3.8, 4) is 5.75 Å². The summed E-state index contributed by atoms with van der Waals surface area (Å²) >= 11 is 0. The second kappa shape index (κ2) is 8.14. The number of aliphatic carboxylic acids is 1. The number of rotatable bonds is 7. The fourth-order valence-corrected chi connectivity index (χ4v) is 1.83. The van der Waals surface area contributed by atoms with E-state index in [2.05, 4.69) is 10.6 Å². The highest BCUT2D eigenvalue weighted by molar-refractivity contribution is 5.82. The molecule has 6 nitrogen and oxygen atoms in total. The maximum Gasteiger partial charge on any atom is 0.326 e. The SMILES string of the molecule is COc1ccc(CNC(=O)N[C@@H](CC(C)C)C(=O)O)cc1. The smallest absolute Gasteiger partial charge is 0.326 e. The molecule has 0 fully saturated rings. The van der Waals surface area contributed by atoms with Crippen molar-refractivity contribution in [2.24, 2.45) is 5.92 Å². The quantitative estimate of drug-likeness (QED) is 0.717. The minimum atomic E-state index is -1.02. The van der Waals surface area contributed by atoms with E-state index in [9.17, 15) is 9.59 Å². The van der Waals surface area contributed by atoms with Crippen molar-refractivity contribution in [2.75, 3.05) is 7.11 Å². The Labute approximate surface area is 124 Å². The molecule has 0 aliphatic rings. The van der Waals surface area contributed by atoms with Crippen molar-refractivity contribution in [3.63, 3.8) is 0 Å². The second-order valence-corrected chi connectivity index (χ2v) is 5.20. The maximum absolute atomic E-state index is 11.7. The van der Waals surface area contributed by atoms with Crippen LogP contribution in [0.2, 0.25) is 0 Å². The third-order valence-corrected chi connectivity index (χ3v) is 2.92. The van der Waals surface area contributed by atoms with Crippen LogP contribution in [0.5, 0.6) is 5.75 Å². The van der Waals surface area contributed by atoms with E-state index in [1.54, 1.807) is 19.2 Å². The molecule has 0 aliphatic heterocycles. The molecular weight excluding hydrogens is 272 g/mol. The number of amides is 2. The van der Waals surface area contributed by atoms with E-state index in [1.807, 2.05) is 26.0 Å². The van der Waals surface area contributed by atoms with Crippen LogP contribution in [-0.4, -0.2) is 30.3 Å². The van der Waals surface area contributed by atoms with Gasteiger partial charge in [0.2, 0.25) is 0 Å². The zero-order chi connectivity index (χ0) is 15.8. The highest BCUT2D eigenvalue weighted by Crippen LogP contribution is 2.11. The molecule has 1 rings (SSSR count). The van der Waals surface area contributed by atoms with Crippen LogP contribution < -0.4 is 15.4 Å². The van der Waals surface area contributed by atoms with Crippen molar-refractivity contribution in [1.82, 2.24) is 10.6 Å². The molecule has 0 aliphatic carbocycles. The standard InChI is InChI=1S/C15H22N2O4/c1-10(2)8-13(14(18)19)17-15(20)16-9-11-4-6-12(21-3)7-5-11/h4-7,10,13H,8-9H2,1-3H3,(H,18,19)(H2,16,17,20)/t13-/m0/s1. The van der Waals surface area contributed by atoms with E-state index in [0.717, 1.165) is 11.3 Å². The number of methoxy groups -OCH3 is 1. The summed E-state index contributed by atoms with van der Waals surface area (Å²) in [4.78, 5) is 22.8. The van der Waals surface area contributed by atoms with Gasteiger partial charge < -0.3 is 20.5 Å². The number of carboxylic acids is 1. The molecule has 21 heavy (non-hydrogen) atoms. The van der Waals surface area contributed by atoms with Crippen LogP contribution >= 0.6 is 0 Å². The molecule has 0 unspecified atom stereocenters. The lowest BCUT2D eigenvalue weighted by Crippen LogP contribution is -2.46. The number of benzene rings is 1. The second-order valence-electron chi connectivity index (χ2n) is 5.20. The highest BCUT2D eigenvalue weighted by Gasteiger charge is 2.20. The molecule has 116 valence electrons. The van der Waals surface area contributed by atoms with Crippen LogP contribution in [0.4, 0.5) is 4.79 Å². The molecule has 1 atom stereocenters. The van der Waals surface area contributed by atoms with Crippen molar-refractivity contribution in [3.05, 3.63) is 29.8 Å². The largest absolute Gasteiger partial charge is 0.497 e. The Balaban J connectivity index is 2.46. The summed E-state index contributed by atoms with van der Waals surface area (Å²) in [7, 11) is 1.58. The lowest BCUT2D eigenvalue weighted by Gasteiger charge is -2.17. The number of urea groups is 1. The van der Waals surface area contributed by atoms with Gasteiger partial charge in [0.15, 0.2) is 0 Å². The lowest BCUT2D eigenvalue weighted by molar-refractivity contribution is -0.139. The Morgan fingerprint density at radius 1 is 1.24 bits per heavy atom. The van der Waals surface area contributed by atoms with E-state index in [-0.39, 0.29) is 5.92 Å². The van der Waals surface area contributed by atoms with E-state index in [1.165, 1.54) is 0 Å². The predicted molar refractivity (Wildman–Crippen MR) is 79.2 cm³/mol. The molecular formula is C15H22N2O4. The lowest BCUT2D eigenvalue weighted by atomic mass is 10.0. The van der Waals surface area contributed by atoms with Gasteiger partial charge in [-0.2, -0.15) is 0 Å². The number of ether oxygens (including phenoxy) is 1. The zero-order valence-electron chi connectivity index (χ0n) is 12.6. The summed E-state index contributed by atoms with van der Waals surface area (Å²) in [6, 6.07) is 5.91. The third-order valence-electron chi connectivity index (χ3n) is 2.92. The van der Waals surface area contributed by atoms with Crippen LogP contribution in [0.3, 0.4) is 0 Å². The fourth-order valence-electron chi connectivity index (χ4n) is 1.83. The monoisotopic (exact) mass is 294 g/mol. The van der Waals surface area contributed by atoms with Gasteiger partial charge in [-0.1, -0.05) is 26.0 Å². The first-order chi connectivity index (χ1) is 9.92. The van der Waals surface area contributed by atoms with Gasteiger partial charge in [0.25, 0.3) is 0 Å². The van der Waals surface area contributed by atoms with Crippen LogP contribution in [0.15, 0.2) is 24.3 Å². The average Bonchev–Trinajstić information content (AvgIpc) is 2.44. The highest BCUT2D eigenvalue weighted by atomic mass is 16.5. The van der Waals surface area contributed by atoms with Gasteiger partial charge in [-0.15, -0.1) is 0 Å². The molecule has 0 heterocycles. The number of carbonyl (C=O) groups is 2. The Kier molecular flexibility index (Phi) is 6.52. The average molecular weight is 294 g/mol. The summed E-state index contributed by atoms with van der Waals surface area (Å²) in [6.07, 6.45) is 0.394. The molecule has 2 amide bonds.